The van der Waals surface area contributed by atoms with Crippen molar-refractivity contribution < 1.29 is 5.11 Å². The van der Waals surface area contributed by atoms with Gasteiger partial charge in [0, 0.05) is 16.2 Å². The second-order valence-electron chi connectivity index (χ2n) is 3.44. The van der Waals surface area contributed by atoms with E-state index in [9.17, 15) is 5.11 Å². The fourth-order valence-electron chi connectivity index (χ4n) is 1.51. The number of aliphatic imine (C=N–C) groups is 1. The summed E-state index contributed by atoms with van der Waals surface area (Å²) >= 11 is 3.42. The number of rotatable bonds is 1. The Kier molecular flexibility index (Phi) is 2.77. The topological polar surface area (TPSA) is 44.6 Å². The van der Waals surface area contributed by atoms with E-state index in [1.807, 2.05) is 25.3 Å². The number of hydrogen-bond acceptors (Lipinski definition) is 3. The largest absolute Gasteiger partial charge is 0.508 e. The number of benzene rings is 1. The Morgan fingerprint density at radius 3 is 3.00 bits per heavy atom. The van der Waals surface area contributed by atoms with Crippen LogP contribution in [0.3, 0.4) is 0 Å². The van der Waals surface area contributed by atoms with Gasteiger partial charge in [-0.25, -0.2) is 0 Å². The van der Waals surface area contributed by atoms with E-state index in [-0.39, 0.29) is 11.8 Å². The normalized spacial score (nSPS) is 19.6. The van der Waals surface area contributed by atoms with Gasteiger partial charge in [0.1, 0.15) is 11.8 Å². The van der Waals surface area contributed by atoms with E-state index in [4.69, 9.17) is 0 Å². The van der Waals surface area contributed by atoms with Gasteiger partial charge in [-0.2, -0.15) is 0 Å². The van der Waals surface area contributed by atoms with E-state index in [0.29, 0.717) is 0 Å². The van der Waals surface area contributed by atoms with E-state index >= 15 is 0 Å². The molecule has 2 N–H and O–H groups in total. The van der Waals surface area contributed by atoms with Crippen molar-refractivity contribution >= 4 is 22.3 Å². The molecule has 0 aliphatic carbocycles. The number of nitrogens with one attached hydrogen (secondary N) is 1. The van der Waals surface area contributed by atoms with Crippen LogP contribution in [0.25, 0.3) is 0 Å². The van der Waals surface area contributed by atoms with Crippen molar-refractivity contribution in [1.29, 1.82) is 0 Å². The van der Waals surface area contributed by atoms with Crippen LogP contribution in [-0.4, -0.2) is 11.4 Å². The molecule has 1 heterocycles. The minimum Gasteiger partial charge on any atom is -0.508 e. The molecule has 0 fully saturated rings. The number of aromatic hydroxyl groups is 1. The van der Waals surface area contributed by atoms with Crippen LogP contribution in [0.15, 0.2) is 33.9 Å². The number of halogens is 1. The molecule has 0 bridgehead atoms. The highest BCUT2D eigenvalue weighted by atomic mass is 79.9. The third kappa shape index (κ3) is 2.04. The van der Waals surface area contributed by atoms with Crippen LogP contribution in [0.1, 0.15) is 17.2 Å². The molecular formula is C11H11BrN2O. The average molecular weight is 267 g/mol. The number of phenolic OH excluding ortho intramolecular Hbond substituents is 1. The second-order valence-corrected chi connectivity index (χ2v) is 4.35. The van der Waals surface area contributed by atoms with E-state index in [1.165, 1.54) is 0 Å². The van der Waals surface area contributed by atoms with Crippen LogP contribution < -0.4 is 5.32 Å². The first-order valence-corrected chi connectivity index (χ1v) is 5.40. The Balaban J connectivity index is 2.44. The zero-order valence-electron chi connectivity index (χ0n) is 8.24. The molecule has 78 valence electrons. The predicted molar refractivity (Wildman–Crippen MR) is 64.2 cm³/mol. The van der Waals surface area contributed by atoms with Gasteiger partial charge in [-0.3, -0.25) is 4.99 Å². The zero-order chi connectivity index (χ0) is 10.8. The van der Waals surface area contributed by atoms with E-state index in [2.05, 4.69) is 26.2 Å². The summed E-state index contributed by atoms with van der Waals surface area (Å²) in [5.41, 5.74) is 1.92. The number of aryl methyl sites for hydroxylation is 1. The van der Waals surface area contributed by atoms with Crippen LogP contribution in [0.2, 0.25) is 0 Å². The molecule has 0 aromatic heterocycles. The van der Waals surface area contributed by atoms with E-state index < -0.39 is 0 Å². The summed E-state index contributed by atoms with van der Waals surface area (Å²) < 4.78 is 0.908. The van der Waals surface area contributed by atoms with Crippen molar-refractivity contribution in [2.45, 2.75) is 13.0 Å². The quantitative estimate of drug-likeness (QED) is 0.821. The molecule has 1 aromatic rings. The molecule has 1 atom stereocenters. The van der Waals surface area contributed by atoms with Crippen LogP contribution in [0, 0.1) is 6.92 Å². The first-order valence-electron chi connectivity index (χ1n) is 4.61. The lowest BCUT2D eigenvalue weighted by atomic mass is 10.0. The third-order valence-corrected chi connectivity index (χ3v) is 2.92. The highest BCUT2D eigenvalue weighted by molar-refractivity contribution is 9.11. The molecular weight excluding hydrogens is 256 g/mol. The third-order valence-electron chi connectivity index (χ3n) is 2.26. The lowest BCUT2D eigenvalue weighted by Gasteiger charge is -2.17. The minimum absolute atomic E-state index is 0.147. The van der Waals surface area contributed by atoms with Gasteiger partial charge in [-0.1, -0.05) is 27.6 Å². The van der Waals surface area contributed by atoms with Gasteiger partial charge in [-0.15, -0.1) is 0 Å². The Morgan fingerprint density at radius 1 is 1.47 bits per heavy atom. The number of phenols is 1. The highest BCUT2D eigenvalue weighted by Gasteiger charge is 2.18. The molecule has 3 nitrogen and oxygen atoms in total. The first-order chi connectivity index (χ1) is 7.18. The Morgan fingerprint density at radius 2 is 2.27 bits per heavy atom. The molecule has 0 spiro atoms. The lowest BCUT2D eigenvalue weighted by Crippen LogP contribution is -2.11. The molecule has 0 radical (unpaired) electrons. The van der Waals surface area contributed by atoms with Crippen molar-refractivity contribution in [1.82, 2.24) is 5.32 Å². The fraction of sp³-hybridized carbons (Fsp3) is 0.182. The summed E-state index contributed by atoms with van der Waals surface area (Å²) in [4.78, 5) is 4.27. The molecule has 0 saturated heterocycles. The van der Waals surface area contributed by atoms with Crippen LogP contribution in [0.5, 0.6) is 5.75 Å². The summed E-state index contributed by atoms with van der Waals surface area (Å²) in [6.45, 7) is 1.99. The van der Waals surface area contributed by atoms with Crippen LogP contribution in [0.4, 0.5) is 0 Å². The minimum atomic E-state index is -0.147. The highest BCUT2D eigenvalue weighted by Crippen LogP contribution is 2.36. The van der Waals surface area contributed by atoms with E-state index in [0.717, 1.165) is 15.6 Å². The predicted octanol–water partition coefficient (Wildman–Crippen LogP) is 2.61. The summed E-state index contributed by atoms with van der Waals surface area (Å²) in [6, 6.07) is 5.37. The number of hydrogen-bond donors (Lipinski definition) is 2. The van der Waals surface area contributed by atoms with Gasteiger partial charge in [-0.05, 0) is 19.1 Å². The van der Waals surface area contributed by atoms with Gasteiger partial charge in [0.15, 0.2) is 0 Å². The van der Waals surface area contributed by atoms with Gasteiger partial charge in [0.05, 0.1) is 6.34 Å². The fourth-order valence-corrected chi connectivity index (χ4v) is 2.00. The maximum Gasteiger partial charge on any atom is 0.121 e. The Hall–Kier alpha value is -1.29. The van der Waals surface area contributed by atoms with Crippen LogP contribution >= 0.6 is 15.9 Å². The van der Waals surface area contributed by atoms with Gasteiger partial charge in [0.25, 0.3) is 0 Å². The smallest absolute Gasteiger partial charge is 0.121 e. The molecule has 1 aliphatic rings. The van der Waals surface area contributed by atoms with Crippen molar-refractivity contribution in [3.8, 4) is 5.75 Å². The Labute approximate surface area is 96.7 Å². The molecule has 0 amide bonds. The number of nitrogens with zero attached hydrogens (tertiary/aromatic N) is 1. The van der Waals surface area contributed by atoms with Crippen molar-refractivity contribution in [3.63, 3.8) is 0 Å². The van der Waals surface area contributed by atoms with Gasteiger partial charge in [0.2, 0.25) is 0 Å². The van der Waals surface area contributed by atoms with Gasteiger partial charge < -0.3 is 10.4 Å². The van der Waals surface area contributed by atoms with Crippen molar-refractivity contribution in [2.75, 3.05) is 0 Å². The monoisotopic (exact) mass is 266 g/mol. The summed E-state index contributed by atoms with van der Waals surface area (Å²) in [7, 11) is 0. The second kappa shape index (κ2) is 4.06. The summed E-state index contributed by atoms with van der Waals surface area (Å²) in [6.07, 6.45) is 3.44. The molecule has 0 saturated carbocycles. The summed E-state index contributed by atoms with van der Waals surface area (Å²) in [5.74, 6) is 0.273. The SMILES string of the molecule is Cc1ccc(O)c(C2N=CNC=C2Br)c1. The molecule has 15 heavy (non-hydrogen) atoms. The average Bonchev–Trinajstić information content (AvgIpc) is 2.23. The van der Waals surface area contributed by atoms with Crippen molar-refractivity contribution in [2.24, 2.45) is 4.99 Å². The molecule has 1 aliphatic heterocycles. The molecule has 1 unspecified atom stereocenters. The van der Waals surface area contributed by atoms with E-state index in [1.54, 1.807) is 12.4 Å². The first kappa shape index (κ1) is 10.2. The van der Waals surface area contributed by atoms with Crippen molar-refractivity contribution in [3.05, 3.63) is 40.0 Å². The van der Waals surface area contributed by atoms with Gasteiger partial charge >= 0.3 is 0 Å². The zero-order valence-corrected chi connectivity index (χ0v) is 9.82. The maximum atomic E-state index is 9.76. The lowest BCUT2D eigenvalue weighted by molar-refractivity contribution is 0.465. The van der Waals surface area contributed by atoms with Crippen LogP contribution in [-0.2, 0) is 0 Å². The Bertz CT molecular complexity index is 440. The molecule has 2 rings (SSSR count). The molecule has 1 aromatic carbocycles. The molecule has 4 heteroatoms. The summed E-state index contributed by atoms with van der Waals surface area (Å²) in [5, 5.41) is 12.6. The standard InChI is InChI=1S/C11H11BrN2O/c1-7-2-3-10(15)8(4-7)11-9(12)5-13-6-14-11/h2-6,11,15H,1H3,(H,13,14). The maximum absolute atomic E-state index is 9.76.